The molecule has 0 aromatic carbocycles. The number of unbranched alkanes of at least 4 members (excludes halogenated alkanes) is 1. The highest BCUT2D eigenvalue weighted by Crippen LogP contribution is 1.89. The van der Waals surface area contributed by atoms with E-state index in [9.17, 15) is 0 Å². The number of hydrogen-bond acceptors (Lipinski definition) is 11. The van der Waals surface area contributed by atoms with Crippen LogP contribution in [0.2, 0.25) is 0 Å². The van der Waals surface area contributed by atoms with Crippen molar-refractivity contribution in [2.75, 3.05) is 126 Å². The molecule has 11 heteroatoms. The zero-order chi connectivity index (χ0) is 23.9. The van der Waals surface area contributed by atoms with Crippen molar-refractivity contribution in [3.8, 4) is 0 Å². The number of rotatable bonds is 30. The predicted molar refractivity (Wildman–Crippen MR) is 127 cm³/mol. The maximum absolute atomic E-state index is 5.44. The lowest BCUT2D eigenvalue weighted by atomic mass is 10.4. The fraction of sp³-hybridized carbons (Fsp3) is 1.00. The van der Waals surface area contributed by atoms with E-state index in [2.05, 4.69) is 24.0 Å². The highest BCUT2D eigenvalue weighted by atomic mass is 32.1. The third-order valence-corrected chi connectivity index (χ3v) is 4.12. The summed E-state index contributed by atoms with van der Waals surface area (Å²) in [7, 11) is 0. The van der Waals surface area contributed by atoms with E-state index in [0.717, 1.165) is 19.4 Å². The molecule has 0 radical (unpaired) electrons. The number of thiol groups is 1. The van der Waals surface area contributed by atoms with Gasteiger partial charge in [-0.25, -0.2) is 0 Å². The molecule has 0 fully saturated rings. The molecule has 0 rings (SSSR count). The van der Waals surface area contributed by atoms with Crippen LogP contribution in [0.25, 0.3) is 0 Å². The van der Waals surface area contributed by atoms with Crippen LogP contribution in [0, 0.1) is 0 Å². The average Bonchev–Trinajstić information content (AvgIpc) is 2.83. The van der Waals surface area contributed by atoms with E-state index in [4.69, 9.17) is 42.6 Å². The van der Waals surface area contributed by atoms with Crippen LogP contribution in [-0.2, 0) is 46.8 Å². The SMILES string of the molecule is CCCCOCCOCCOCCOCCOCCOCCOCCOCCOCCOS. The molecule has 0 atom stereocenters. The summed E-state index contributed by atoms with van der Waals surface area (Å²) in [5.41, 5.74) is 0. The molecule has 0 aromatic rings. The van der Waals surface area contributed by atoms with Crippen LogP contribution in [0.1, 0.15) is 19.8 Å². The lowest BCUT2D eigenvalue weighted by Crippen LogP contribution is -2.15. The number of hydrogen-bond donors (Lipinski definition) is 1. The average molecular weight is 503 g/mol. The van der Waals surface area contributed by atoms with Crippen molar-refractivity contribution in [1.82, 2.24) is 0 Å². The van der Waals surface area contributed by atoms with Gasteiger partial charge in [-0.1, -0.05) is 13.3 Å². The first kappa shape index (κ1) is 33.0. The Kier molecular flexibility index (Phi) is 31.9. The van der Waals surface area contributed by atoms with Crippen molar-refractivity contribution in [3.63, 3.8) is 0 Å². The van der Waals surface area contributed by atoms with Crippen molar-refractivity contribution >= 4 is 12.9 Å². The lowest BCUT2D eigenvalue weighted by Gasteiger charge is -2.08. The normalized spacial score (nSPS) is 11.5. The first-order valence-electron chi connectivity index (χ1n) is 11.9. The second-order valence-corrected chi connectivity index (χ2v) is 6.96. The van der Waals surface area contributed by atoms with Gasteiger partial charge in [0.05, 0.1) is 119 Å². The summed E-state index contributed by atoms with van der Waals surface area (Å²) >= 11 is 3.62. The van der Waals surface area contributed by atoms with Crippen molar-refractivity contribution in [1.29, 1.82) is 0 Å². The van der Waals surface area contributed by atoms with Crippen LogP contribution in [0.15, 0.2) is 0 Å². The molecule has 0 bridgehead atoms. The van der Waals surface area contributed by atoms with E-state index in [0.29, 0.717) is 119 Å². The topological polar surface area (TPSA) is 92.3 Å². The van der Waals surface area contributed by atoms with Crippen LogP contribution in [-0.4, -0.2) is 126 Å². The second-order valence-electron chi connectivity index (χ2n) is 6.70. The van der Waals surface area contributed by atoms with Gasteiger partial charge in [-0.05, 0) is 19.3 Å². The third kappa shape index (κ3) is 32.0. The Labute approximate surface area is 205 Å². The molecule has 0 saturated heterocycles. The third-order valence-electron chi connectivity index (χ3n) is 3.94. The van der Waals surface area contributed by atoms with Crippen LogP contribution < -0.4 is 0 Å². The van der Waals surface area contributed by atoms with Gasteiger partial charge in [0.1, 0.15) is 0 Å². The second kappa shape index (κ2) is 32.0. The smallest absolute Gasteiger partial charge is 0.0844 e. The molecule has 0 amide bonds. The van der Waals surface area contributed by atoms with Gasteiger partial charge in [-0.15, -0.1) is 0 Å². The predicted octanol–water partition coefficient (Wildman–Crippen LogP) is 1.80. The lowest BCUT2D eigenvalue weighted by molar-refractivity contribution is -0.0253. The Morgan fingerprint density at radius 3 is 0.758 bits per heavy atom. The van der Waals surface area contributed by atoms with Crippen LogP contribution in [0.5, 0.6) is 0 Å². The molecule has 0 spiro atoms. The van der Waals surface area contributed by atoms with E-state index in [1.807, 2.05) is 0 Å². The number of ether oxygens (including phenoxy) is 9. The van der Waals surface area contributed by atoms with Gasteiger partial charge in [-0.3, -0.25) is 0 Å². The molecule has 0 aliphatic heterocycles. The summed E-state index contributed by atoms with van der Waals surface area (Å²) in [5, 5.41) is 0. The molecule has 33 heavy (non-hydrogen) atoms. The fourth-order valence-electron chi connectivity index (χ4n) is 2.20. The molecule has 0 aliphatic rings. The summed E-state index contributed by atoms with van der Waals surface area (Å²) in [4.78, 5) is 0. The Hall–Kier alpha value is -0.0500. The maximum Gasteiger partial charge on any atom is 0.0844 e. The van der Waals surface area contributed by atoms with Gasteiger partial charge in [0, 0.05) is 6.61 Å². The summed E-state index contributed by atoms with van der Waals surface area (Å²) in [6.07, 6.45) is 2.25. The highest BCUT2D eigenvalue weighted by Gasteiger charge is 1.95. The van der Waals surface area contributed by atoms with E-state index >= 15 is 0 Å². The zero-order valence-corrected chi connectivity index (χ0v) is 21.3. The van der Waals surface area contributed by atoms with E-state index in [-0.39, 0.29) is 0 Å². The molecule has 0 unspecified atom stereocenters. The summed E-state index contributed by atoms with van der Waals surface area (Å²) < 4.78 is 53.1. The molecule has 200 valence electrons. The quantitative estimate of drug-likeness (QED) is 0.0890. The molecule has 0 aromatic heterocycles. The van der Waals surface area contributed by atoms with Crippen molar-refractivity contribution < 1.29 is 46.8 Å². The molecule has 0 saturated carbocycles. The fourth-order valence-corrected chi connectivity index (χ4v) is 2.28. The van der Waals surface area contributed by atoms with Gasteiger partial charge < -0.3 is 46.8 Å². The van der Waals surface area contributed by atoms with Crippen molar-refractivity contribution in [2.24, 2.45) is 0 Å². The van der Waals surface area contributed by atoms with Crippen LogP contribution >= 0.6 is 12.9 Å². The van der Waals surface area contributed by atoms with Gasteiger partial charge in [0.2, 0.25) is 0 Å². The monoisotopic (exact) mass is 502 g/mol. The minimum Gasteiger partial charge on any atom is -0.379 e. The highest BCUT2D eigenvalue weighted by molar-refractivity contribution is 7.75. The van der Waals surface area contributed by atoms with Gasteiger partial charge in [0.25, 0.3) is 0 Å². The molecule has 0 aliphatic carbocycles. The summed E-state index contributed by atoms with van der Waals surface area (Å²) in [6.45, 7) is 12.7. The molecule has 0 N–H and O–H groups in total. The minimum absolute atomic E-state index is 0.466. The Bertz CT molecular complexity index is 312. The molecule has 10 nitrogen and oxygen atoms in total. The van der Waals surface area contributed by atoms with E-state index in [1.54, 1.807) is 0 Å². The maximum atomic E-state index is 5.44. The first-order valence-corrected chi connectivity index (χ1v) is 12.2. The molecular weight excluding hydrogens is 456 g/mol. The Morgan fingerprint density at radius 2 is 0.545 bits per heavy atom. The Balaban J connectivity index is 2.99. The van der Waals surface area contributed by atoms with Gasteiger partial charge in [0.15, 0.2) is 0 Å². The minimum atomic E-state index is 0.466. The largest absolute Gasteiger partial charge is 0.379 e. The zero-order valence-electron chi connectivity index (χ0n) is 20.4. The standard InChI is InChI=1S/C22H46O10S/c1-2-3-4-23-5-6-24-7-8-25-9-10-26-11-12-27-13-14-28-15-16-29-17-18-30-19-20-31-21-22-32-33/h33H,2-22H2,1H3. The van der Waals surface area contributed by atoms with E-state index in [1.165, 1.54) is 0 Å². The van der Waals surface area contributed by atoms with Gasteiger partial charge in [-0.2, -0.15) is 0 Å². The molecular formula is C22H46O10S. The molecule has 0 heterocycles. The first-order chi connectivity index (χ1) is 16.4. The Morgan fingerprint density at radius 1 is 0.333 bits per heavy atom. The van der Waals surface area contributed by atoms with Crippen molar-refractivity contribution in [2.45, 2.75) is 19.8 Å². The summed E-state index contributed by atoms with van der Waals surface area (Å²) in [6, 6.07) is 0. The van der Waals surface area contributed by atoms with Gasteiger partial charge >= 0.3 is 0 Å². The van der Waals surface area contributed by atoms with Crippen LogP contribution in [0.3, 0.4) is 0 Å². The van der Waals surface area contributed by atoms with Crippen molar-refractivity contribution in [3.05, 3.63) is 0 Å². The van der Waals surface area contributed by atoms with Crippen LogP contribution in [0.4, 0.5) is 0 Å². The summed E-state index contributed by atoms with van der Waals surface area (Å²) in [5.74, 6) is 0. The van der Waals surface area contributed by atoms with E-state index < -0.39 is 0 Å².